The van der Waals surface area contributed by atoms with Gasteiger partial charge in [-0.3, -0.25) is 9.59 Å². The number of carboxylic acids is 1. The molecule has 1 aliphatic carbocycles. The minimum Gasteiger partial charge on any atom is -0.481 e. The van der Waals surface area contributed by atoms with Crippen molar-refractivity contribution in [3.8, 4) is 0 Å². The summed E-state index contributed by atoms with van der Waals surface area (Å²) in [7, 11) is 0. The largest absolute Gasteiger partial charge is 0.481 e. The maximum atomic E-state index is 12.1. The predicted molar refractivity (Wildman–Crippen MR) is 74.8 cm³/mol. The average Bonchev–Trinajstić information content (AvgIpc) is 3.16. The Kier molecular flexibility index (Phi) is 3.38. The Morgan fingerprint density at radius 2 is 1.95 bits per heavy atom. The van der Waals surface area contributed by atoms with Gasteiger partial charge in [-0.1, -0.05) is 29.3 Å². The molecular formula is C14H13Cl2NO3. The van der Waals surface area contributed by atoms with Crippen LogP contribution in [-0.4, -0.2) is 27.9 Å². The van der Waals surface area contributed by atoms with Crippen molar-refractivity contribution in [3.63, 3.8) is 0 Å². The summed E-state index contributed by atoms with van der Waals surface area (Å²) in [5, 5.41) is 10.2. The summed E-state index contributed by atoms with van der Waals surface area (Å²) >= 11 is 11.9. The molecule has 1 N–H and O–H groups in total. The molecule has 6 heteroatoms. The van der Waals surface area contributed by atoms with Gasteiger partial charge in [-0.2, -0.15) is 0 Å². The van der Waals surface area contributed by atoms with Crippen LogP contribution in [0.15, 0.2) is 18.2 Å². The van der Waals surface area contributed by atoms with E-state index in [0.717, 1.165) is 18.4 Å². The monoisotopic (exact) mass is 313 g/mol. The zero-order chi connectivity index (χ0) is 14.4. The number of aliphatic carboxylic acids is 1. The number of hydrogen-bond donors (Lipinski definition) is 1. The van der Waals surface area contributed by atoms with Crippen LogP contribution in [0.1, 0.15) is 30.9 Å². The molecule has 3 rings (SSSR count). The second-order valence-corrected chi connectivity index (χ2v) is 6.11. The van der Waals surface area contributed by atoms with Gasteiger partial charge in [0, 0.05) is 12.5 Å². The Labute approximate surface area is 126 Å². The molecule has 1 aromatic carbocycles. The van der Waals surface area contributed by atoms with E-state index in [9.17, 15) is 14.7 Å². The van der Waals surface area contributed by atoms with Crippen LogP contribution in [0.3, 0.4) is 0 Å². The van der Waals surface area contributed by atoms with E-state index in [-0.39, 0.29) is 18.4 Å². The van der Waals surface area contributed by atoms with Crippen molar-refractivity contribution in [2.45, 2.75) is 31.3 Å². The summed E-state index contributed by atoms with van der Waals surface area (Å²) in [4.78, 5) is 25.3. The van der Waals surface area contributed by atoms with Crippen LogP contribution in [0.4, 0.5) is 0 Å². The van der Waals surface area contributed by atoms with Gasteiger partial charge in [-0.05, 0) is 30.5 Å². The molecule has 2 aliphatic rings. The molecule has 20 heavy (non-hydrogen) atoms. The lowest BCUT2D eigenvalue weighted by atomic mass is 9.93. The van der Waals surface area contributed by atoms with E-state index in [1.807, 2.05) is 0 Å². The van der Waals surface area contributed by atoms with Crippen molar-refractivity contribution in [2.75, 3.05) is 0 Å². The van der Waals surface area contributed by atoms with E-state index in [0.29, 0.717) is 10.0 Å². The third kappa shape index (κ3) is 2.27. The van der Waals surface area contributed by atoms with Crippen LogP contribution < -0.4 is 0 Å². The average molecular weight is 314 g/mol. The van der Waals surface area contributed by atoms with E-state index in [1.165, 1.54) is 0 Å². The van der Waals surface area contributed by atoms with E-state index in [1.54, 1.807) is 23.1 Å². The van der Waals surface area contributed by atoms with Crippen molar-refractivity contribution in [2.24, 2.45) is 5.92 Å². The fourth-order valence-corrected chi connectivity index (χ4v) is 3.16. The van der Waals surface area contributed by atoms with Gasteiger partial charge in [-0.25, -0.2) is 0 Å². The highest BCUT2D eigenvalue weighted by Crippen LogP contribution is 2.45. The standard InChI is InChI=1S/C14H13Cl2NO3/c15-10-4-1-7(5-11(10)16)13-9(14(19)20)6-12(18)17(13)8-2-3-8/h1,4-5,8-9,13H,2-3,6H2,(H,19,20). The maximum Gasteiger partial charge on any atom is 0.309 e. The van der Waals surface area contributed by atoms with Crippen molar-refractivity contribution in [1.29, 1.82) is 0 Å². The Bertz CT molecular complexity index is 586. The molecule has 1 aliphatic heterocycles. The number of carbonyl (C=O) groups excluding carboxylic acids is 1. The van der Waals surface area contributed by atoms with Crippen molar-refractivity contribution < 1.29 is 14.7 Å². The molecular weight excluding hydrogens is 301 g/mol. The van der Waals surface area contributed by atoms with Gasteiger partial charge >= 0.3 is 5.97 Å². The van der Waals surface area contributed by atoms with E-state index >= 15 is 0 Å². The van der Waals surface area contributed by atoms with Gasteiger partial charge in [0.1, 0.15) is 0 Å². The van der Waals surface area contributed by atoms with Gasteiger partial charge in [0.25, 0.3) is 0 Å². The highest BCUT2D eigenvalue weighted by molar-refractivity contribution is 6.42. The van der Waals surface area contributed by atoms with Crippen LogP contribution >= 0.6 is 23.2 Å². The number of rotatable bonds is 3. The third-order valence-electron chi connectivity index (χ3n) is 3.91. The number of benzene rings is 1. The second-order valence-electron chi connectivity index (χ2n) is 5.30. The third-order valence-corrected chi connectivity index (χ3v) is 4.65. The maximum absolute atomic E-state index is 12.1. The van der Waals surface area contributed by atoms with Gasteiger partial charge in [0.05, 0.1) is 22.0 Å². The number of hydrogen-bond acceptors (Lipinski definition) is 2. The Balaban J connectivity index is 2.02. The fraction of sp³-hybridized carbons (Fsp3) is 0.429. The lowest BCUT2D eigenvalue weighted by Gasteiger charge is -2.27. The summed E-state index contributed by atoms with van der Waals surface area (Å²) in [5.41, 5.74) is 0.740. The molecule has 1 saturated carbocycles. The summed E-state index contributed by atoms with van der Waals surface area (Å²) in [6.07, 6.45) is 1.93. The van der Waals surface area contributed by atoms with Crippen LogP contribution in [0, 0.1) is 5.92 Å². The van der Waals surface area contributed by atoms with Crippen molar-refractivity contribution in [3.05, 3.63) is 33.8 Å². The molecule has 0 aromatic heterocycles. The quantitative estimate of drug-likeness (QED) is 0.932. The smallest absolute Gasteiger partial charge is 0.309 e. The lowest BCUT2D eigenvalue weighted by Crippen LogP contribution is -2.32. The summed E-state index contributed by atoms with van der Waals surface area (Å²) in [6, 6.07) is 4.79. The zero-order valence-corrected chi connectivity index (χ0v) is 12.1. The van der Waals surface area contributed by atoms with E-state index in [4.69, 9.17) is 23.2 Å². The summed E-state index contributed by atoms with van der Waals surface area (Å²) < 4.78 is 0. The predicted octanol–water partition coefficient (Wildman–Crippen LogP) is 3.13. The fourth-order valence-electron chi connectivity index (χ4n) is 2.85. The highest BCUT2D eigenvalue weighted by Gasteiger charge is 2.49. The van der Waals surface area contributed by atoms with Crippen molar-refractivity contribution in [1.82, 2.24) is 4.90 Å². The van der Waals surface area contributed by atoms with Gasteiger partial charge in [0.2, 0.25) is 5.91 Å². The number of likely N-dealkylation sites (tertiary alicyclic amines) is 1. The molecule has 1 amide bonds. The zero-order valence-electron chi connectivity index (χ0n) is 10.6. The molecule has 1 heterocycles. The van der Waals surface area contributed by atoms with Crippen LogP contribution in [0.2, 0.25) is 10.0 Å². The minimum atomic E-state index is -0.947. The van der Waals surface area contributed by atoms with Gasteiger partial charge in [0.15, 0.2) is 0 Å². The summed E-state index contributed by atoms with van der Waals surface area (Å²) in [5.74, 6) is -1.76. The van der Waals surface area contributed by atoms with Crippen LogP contribution in [0.5, 0.6) is 0 Å². The molecule has 0 spiro atoms. The molecule has 106 valence electrons. The first-order valence-corrected chi connectivity index (χ1v) is 7.23. The molecule has 2 fully saturated rings. The van der Waals surface area contributed by atoms with Crippen LogP contribution in [-0.2, 0) is 9.59 Å². The molecule has 4 nitrogen and oxygen atoms in total. The topological polar surface area (TPSA) is 57.6 Å². The van der Waals surface area contributed by atoms with Gasteiger partial charge in [-0.15, -0.1) is 0 Å². The van der Waals surface area contributed by atoms with Crippen LogP contribution in [0.25, 0.3) is 0 Å². The first kappa shape index (κ1) is 13.7. The van der Waals surface area contributed by atoms with Gasteiger partial charge < -0.3 is 10.0 Å². The molecule has 1 aromatic rings. The summed E-state index contributed by atoms with van der Waals surface area (Å²) in [6.45, 7) is 0. The van der Waals surface area contributed by atoms with Crippen molar-refractivity contribution >= 4 is 35.1 Å². The molecule has 0 bridgehead atoms. The van der Waals surface area contributed by atoms with E-state index < -0.39 is 17.9 Å². The number of carbonyl (C=O) groups is 2. The lowest BCUT2D eigenvalue weighted by molar-refractivity contribution is -0.142. The number of amides is 1. The highest BCUT2D eigenvalue weighted by atomic mass is 35.5. The molecule has 2 unspecified atom stereocenters. The first-order valence-electron chi connectivity index (χ1n) is 6.48. The molecule has 1 saturated heterocycles. The normalized spacial score (nSPS) is 26.1. The second kappa shape index (κ2) is 4.93. The molecule has 0 radical (unpaired) electrons. The Morgan fingerprint density at radius 3 is 2.50 bits per heavy atom. The minimum absolute atomic E-state index is 0.0523. The number of halogens is 2. The number of carboxylic acid groups (broad SMARTS) is 1. The Morgan fingerprint density at radius 1 is 1.25 bits per heavy atom. The Hall–Kier alpha value is -1.26. The SMILES string of the molecule is O=C(O)C1CC(=O)N(C2CC2)C1c1ccc(Cl)c(Cl)c1. The first-order chi connectivity index (χ1) is 9.49. The van der Waals surface area contributed by atoms with E-state index in [2.05, 4.69) is 0 Å². The number of nitrogens with zero attached hydrogens (tertiary/aromatic N) is 1. The molecule has 2 atom stereocenters.